The normalized spacial score (nSPS) is 16.8. The molecule has 0 saturated heterocycles. The Morgan fingerprint density at radius 2 is 1.85 bits per heavy atom. The molecule has 0 amide bonds. The molecule has 0 spiro atoms. The number of hydrogen-bond donors (Lipinski definition) is 0. The van der Waals surface area contributed by atoms with E-state index in [1.54, 1.807) is 0 Å². The average molecular weight is 262 g/mol. The van der Waals surface area contributed by atoms with Crippen molar-refractivity contribution in [2.45, 2.75) is 19.4 Å². The minimum Gasteiger partial charge on any atom is -0.289 e. The molecule has 1 aliphatic rings. The van der Waals surface area contributed by atoms with Crippen LogP contribution in [-0.4, -0.2) is 9.55 Å². The Balaban J connectivity index is 2.17. The highest BCUT2D eigenvalue weighted by Gasteiger charge is 2.24. The molecule has 3 aromatic rings. The molecule has 2 aromatic carbocycles. The largest absolute Gasteiger partial charge is 0.289 e. The van der Waals surface area contributed by atoms with Crippen molar-refractivity contribution in [2.75, 3.05) is 0 Å². The van der Waals surface area contributed by atoms with Crippen LogP contribution in [0, 0.1) is 0 Å². The number of fused-ring (bicyclic) bond motifs is 4. The summed E-state index contributed by atoms with van der Waals surface area (Å²) in [5.74, 6) is 0.794. The first-order valence-electron chi connectivity index (χ1n) is 6.85. The summed E-state index contributed by atoms with van der Waals surface area (Å²) in [6.07, 6.45) is 0.878. The van der Waals surface area contributed by atoms with Crippen LogP contribution in [0.15, 0.2) is 53.3 Å². The maximum absolute atomic E-state index is 12.7. The molecular formula is C17H14N2O. The third kappa shape index (κ3) is 1.46. The second-order valence-corrected chi connectivity index (χ2v) is 5.34. The van der Waals surface area contributed by atoms with Crippen molar-refractivity contribution in [1.29, 1.82) is 0 Å². The zero-order valence-electron chi connectivity index (χ0n) is 11.2. The van der Waals surface area contributed by atoms with E-state index < -0.39 is 0 Å². The van der Waals surface area contributed by atoms with Gasteiger partial charge in [0, 0.05) is 11.6 Å². The Morgan fingerprint density at radius 1 is 1.10 bits per heavy atom. The van der Waals surface area contributed by atoms with Crippen LogP contribution in [-0.2, 0) is 6.42 Å². The zero-order valence-corrected chi connectivity index (χ0v) is 11.2. The third-order valence-corrected chi connectivity index (χ3v) is 4.02. The lowest BCUT2D eigenvalue weighted by Crippen LogP contribution is -2.30. The van der Waals surface area contributed by atoms with Crippen molar-refractivity contribution < 1.29 is 0 Å². The van der Waals surface area contributed by atoms with Gasteiger partial charge in [0.15, 0.2) is 0 Å². The first-order valence-corrected chi connectivity index (χ1v) is 6.85. The fraction of sp³-hybridized carbons (Fsp3) is 0.176. The molecule has 1 unspecified atom stereocenters. The van der Waals surface area contributed by atoms with E-state index in [2.05, 4.69) is 13.0 Å². The van der Waals surface area contributed by atoms with Gasteiger partial charge in [0.2, 0.25) is 0 Å². The molecule has 1 atom stereocenters. The van der Waals surface area contributed by atoms with E-state index in [1.165, 1.54) is 5.56 Å². The SMILES string of the molecule is CC1Cc2ccccc2-c2nc3ccccc3c(=O)n21. The van der Waals surface area contributed by atoms with Crippen LogP contribution in [0.1, 0.15) is 18.5 Å². The Bertz CT molecular complexity index is 880. The zero-order chi connectivity index (χ0) is 13.7. The lowest BCUT2D eigenvalue weighted by Gasteiger charge is -2.26. The molecule has 20 heavy (non-hydrogen) atoms. The van der Waals surface area contributed by atoms with Gasteiger partial charge in [-0.1, -0.05) is 36.4 Å². The van der Waals surface area contributed by atoms with Gasteiger partial charge in [-0.2, -0.15) is 0 Å². The minimum atomic E-state index is 0.0626. The summed E-state index contributed by atoms with van der Waals surface area (Å²) in [6.45, 7) is 2.08. The molecule has 0 bridgehead atoms. The lowest BCUT2D eigenvalue weighted by molar-refractivity contribution is 0.516. The Kier molecular flexibility index (Phi) is 2.30. The standard InChI is InChI=1S/C17H14N2O/c1-11-10-12-6-2-3-7-13(12)16-18-15-9-5-4-8-14(15)17(20)19(11)16/h2-9,11H,10H2,1H3. The predicted octanol–water partition coefficient (Wildman–Crippen LogP) is 3.18. The molecule has 1 aliphatic heterocycles. The van der Waals surface area contributed by atoms with Crippen LogP contribution in [0.4, 0.5) is 0 Å². The summed E-state index contributed by atoms with van der Waals surface area (Å²) in [7, 11) is 0. The van der Waals surface area contributed by atoms with Gasteiger partial charge in [0.1, 0.15) is 5.82 Å². The van der Waals surface area contributed by atoms with E-state index in [9.17, 15) is 4.79 Å². The second kappa shape index (κ2) is 4.04. The predicted molar refractivity (Wildman–Crippen MR) is 79.9 cm³/mol. The Morgan fingerprint density at radius 3 is 2.75 bits per heavy atom. The molecule has 0 fully saturated rings. The fourth-order valence-corrected chi connectivity index (χ4v) is 3.07. The van der Waals surface area contributed by atoms with E-state index in [0.717, 1.165) is 23.3 Å². The van der Waals surface area contributed by atoms with Gasteiger partial charge in [-0.05, 0) is 31.0 Å². The molecule has 0 N–H and O–H groups in total. The van der Waals surface area contributed by atoms with Crippen LogP contribution < -0.4 is 5.56 Å². The van der Waals surface area contributed by atoms with E-state index in [-0.39, 0.29) is 11.6 Å². The molecule has 3 nitrogen and oxygen atoms in total. The highest BCUT2D eigenvalue weighted by atomic mass is 16.1. The van der Waals surface area contributed by atoms with Gasteiger partial charge in [-0.15, -0.1) is 0 Å². The van der Waals surface area contributed by atoms with Crippen LogP contribution in [0.3, 0.4) is 0 Å². The number of nitrogens with zero attached hydrogens (tertiary/aromatic N) is 2. The molecule has 3 heteroatoms. The summed E-state index contributed by atoms with van der Waals surface area (Å²) in [5, 5.41) is 0.697. The van der Waals surface area contributed by atoms with Crippen LogP contribution in [0.5, 0.6) is 0 Å². The highest BCUT2D eigenvalue weighted by molar-refractivity contribution is 5.80. The van der Waals surface area contributed by atoms with Gasteiger partial charge < -0.3 is 0 Å². The highest BCUT2D eigenvalue weighted by Crippen LogP contribution is 2.32. The molecule has 2 heterocycles. The fourth-order valence-electron chi connectivity index (χ4n) is 3.07. The summed E-state index contributed by atoms with van der Waals surface area (Å²) in [5.41, 5.74) is 3.18. The number of aromatic nitrogens is 2. The van der Waals surface area contributed by atoms with Crippen LogP contribution >= 0.6 is 0 Å². The van der Waals surface area contributed by atoms with Crippen molar-refractivity contribution in [3.63, 3.8) is 0 Å². The Labute approximate surface area is 116 Å². The van der Waals surface area contributed by atoms with E-state index in [4.69, 9.17) is 4.98 Å². The molecular weight excluding hydrogens is 248 g/mol. The molecule has 4 rings (SSSR count). The quantitative estimate of drug-likeness (QED) is 0.623. The summed E-state index contributed by atoms with van der Waals surface area (Å²) in [6, 6.07) is 15.9. The first kappa shape index (κ1) is 11.4. The number of para-hydroxylation sites is 1. The lowest BCUT2D eigenvalue weighted by atomic mass is 9.95. The Hall–Kier alpha value is -2.42. The van der Waals surface area contributed by atoms with Gasteiger partial charge in [-0.3, -0.25) is 9.36 Å². The second-order valence-electron chi connectivity index (χ2n) is 5.34. The minimum absolute atomic E-state index is 0.0626. The molecule has 0 radical (unpaired) electrons. The van der Waals surface area contributed by atoms with E-state index in [0.29, 0.717) is 5.39 Å². The number of benzene rings is 2. The molecule has 0 saturated carbocycles. The van der Waals surface area contributed by atoms with Crippen molar-refractivity contribution in [3.05, 3.63) is 64.4 Å². The van der Waals surface area contributed by atoms with Gasteiger partial charge >= 0.3 is 0 Å². The summed E-state index contributed by atoms with van der Waals surface area (Å²) >= 11 is 0. The average Bonchev–Trinajstić information content (AvgIpc) is 2.47. The summed E-state index contributed by atoms with van der Waals surface area (Å²) in [4.78, 5) is 17.4. The van der Waals surface area contributed by atoms with Crippen molar-refractivity contribution >= 4 is 10.9 Å². The van der Waals surface area contributed by atoms with Gasteiger partial charge in [0.25, 0.3) is 5.56 Å². The van der Waals surface area contributed by atoms with Gasteiger partial charge in [0.05, 0.1) is 10.9 Å². The topological polar surface area (TPSA) is 34.9 Å². The molecule has 0 aliphatic carbocycles. The maximum atomic E-state index is 12.7. The number of hydrogen-bond acceptors (Lipinski definition) is 2. The van der Waals surface area contributed by atoms with E-state index in [1.807, 2.05) is 47.0 Å². The molecule has 1 aromatic heterocycles. The third-order valence-electron chi connectivity index (χ3n) is 4.02. The molecule has 98 valence electrons. The maximum Gasteiger partial charge on any atom is 0.261 e. The number of rotatable bonds is 0. The van der Waals surface area contributed by atoms with Gasteiger partial charge in [-0.25, -0.2) is 4.98 Å². The van der Waals surface area contributed by atoms with E-state index >= 15 is 0 Å². The van der Waals surface area contributed by atoms with Crippen LogP contribution in [0.2, 0.25) is 0 Å². The van der Waals surface area contributed by atoms with Crippen molar-refractivity contribution in [1.82, 2.24) is 9.55 Å². The van der Waals surface area contributed by atoms with Crippen molar-refractivity contribution in [3.8, 4) is 11.4 Å². The summed E-state index contributed by atoms with van der Waals surface area (Å²) < 4.78 is 1.84. The van der Waals surface area contributed by atoms with Crippen LogP contribution in [0.25, 0.3) is 22.3 Å². The first-order chi connectivity index (χ1) is 9.75. The monoisotopic (exact) mass is 262 g/mol. The smallest absolute Gasteiger partial charge is 0.261 e. The van der Waals surface area contributed by atoms with Crippen molar-refractivity contribution in [2.24, 2.45) is 0 Å².